The van der Waals surface area contributed by atoms with Crippen LogP contribution in [0.4, 0.5) is 0 Å². The van der Waals surface area contributed by atoms with E-state index in [1.807, 2.05) is 6.08 Å². The maximum atomic E-state index is 5.69. The first kappa shape index (κ1) is 12.7. The standard InChI is InChI=1S/C11H24N2/c1-5-8-13(10(2)3)9-6-7-11(4)12/h5,10-11H,1,6-9,12H2,2-4H3. The summed E-state index contributed by atoms with van der Waals surface area (Å²) in [5, 5.41) is 0. The quantitative estimate of drug-likeness (QED) is 0.613. The number of nitrogens with zero attached hydrogens (tertiary/aromatic N) is 1. The average molecular weight is 184 g/mol. The highest BCUT2D eigenvalue weighted by molar-refractivity contribution is 4.75. The molecule has 0 aromatic heterocycles. The lowest BCUT2D eigenvalue weighted by Crippen LogP contribution is -2.32. The Kier molecular flexibility index (Phi) is 6.92. The number of hydrogen-bond donors (Lipinski definition) is 1. The third kappa shape index (κ3) is 6.79. The lowest BCUT2D eigenvalue weighted by molar-refractivity contribution is 0.239. The van der Waals surface area contributed by atoms with Crippen LogP contribution in [0.5, 0.6) is 0 Å². The highest BCUT2D eigenvalue weighted by Crippen LogP contribution is 2.02. The summed E-state index contributed by atoms with van der Waals surface area (Å²) in [7, 11) is 0. The predicted octanol–water partition coefficient (Wildman–Crippen LogP) is 2.01. The van der Waals surface area contributed by atoms with Crippen LogP contribution in [0.25, 0.3) is 0 Å². The van der Waals surface area contributed by atoms with Gasteiger partial charge in [0.25, 0.3) is 0 Å². The largest absolute Gasteiger partial charge is 0.328 e. The first-order chi connectivity index (χ1) is 6.07. The van der Waals surface area contributed by atoms with Crippen molar-refractivity contribution < 1.29 is 0 Å². The first-order valence-corrected chi connectivity index (χ1v) is 5.18. The zero-order valence-electron chi connectivity index (χ0n) is 9.29. The minimum Gasteiger partial charge on any atom is -0.328 e. The van der Waals surface area contributed by atoms with E-state index in [0.717, 1.165) is 19.5 Å². The highest BCUT2D eigenvalue weighted by atomic mass is 15.1. The molecule has 0 fully saturated rings. The monoisotopic (exact) mass is 184 g/mol. The van der Waals surface area contributed by atoms with Crippen molar-refractivity contribution in [2.75, 3.05) is 13.1 Å². The number of rotatable bonds is 7. The van der Waals surface area contributed by atoms with E-state index in [0.29, 0.717) is 12.1 Å². The Balaban J connectivity index is 3.62. The molecule has 2 heteroatoms. The Morgan fingerprint density at radius 3 is 2.38 bits per heavy atom. The molecule has 78 valence electrons. The molecule has 1 atom stereocenters. The molecule has 0 heterocycles. The van der Waals surface area contributed by atoms with Gasteiger partial charge in [0.1, 0.15) is 0 Å². The van der Waals surface area contributed by atoms with Crippen molar-refractivity contribution in [2.24, 2.45) is 5.73 Å². The second-order valence-electron chi connectivity index (χ2n) is 4.00. The summed E-state index contributed by atoms with van der Waals surface area (Å²) in [5.41, 5.74) is 5.69. The molecule has 0 aliphatic carbocycles. The van der Waals surface area contributed by atoms with E-state index in [2.05, 4.69) is 32.3 Å². The van der Waals surface area contributed by atoms with Crippen LogP contribution in [-0.2, 0) is 0 Å². The SMILES string of the molecule is C=CCN(CCCC(C)N)C(C)C. The van der Waals surface area contributed by atoms with Crippen LogP contribution in [0.15, 0.2) is 12.7 Å². The minimum absolute atomic E-state index is 0.331. The van der Waals surface area contributed by atoms with E-state index in [9.17, 15) is 0 Å². The molecule has 0 spiro atoms. The fraction of sp³-hybridized carbons (Fsp3) is 0.818. The summed E-state index contributed by atoms with van der Waals surface area (Å²) < 4.78 is 0. The molecule has 13 heavy (non-hydrogen) atoms. The Morgan fingerprint density at radius 1 is 1.38 bits per heavy atom. The van der Waals surface area contributed by atoms with E-state index >= 15 is 0 Å². The Hall–Kier alpha value is -0.340. The van der Waals surface area contributed by atoms with Crippen molar-refractivity contribution in [1.82, 2.24) is 4.90 Å². The van der Waals surface area contributed by atoms with Crippen LogP contribution in [0.2, 0.25) is 0 Å². The highest BCUT2D eigenvalue weighted by Gasteiger charge is 2.06. The third-order valence-electron chi connectivity index (χ3n) is 2.20. The van der Waals surface area contributed by atoms with Crippen molar-refractivity contribution in [2.45, 2.75) is 45.7 Å². The molecule has 2 N–H and O–H groups in total. The normalized spacial score (nSPS) is 13.7. The van der Waals surface area contributed by atoms with Crippen LogP contribution in [0, 0.1) is 0 Å². The molecular formula is C11H24N2. The Morgan fingerprint density at radius 2 is 2.00 bits per heavy atom. The zero-order chi connectivity index (χ0) is 10.3. The van der Waals surface area contributed by atoms with Crippen molar-refractivity contribution in [3.8, 4) is 0 Å². The summed E-state index contributed by atoms with van der Waals surface area (Å²) in [5.74, 6) is 0. The van der Waals surface area contributed by atoms with E-state index < -0.39 is 0 Å². The van der Waals surface area contributed by atoms with Crippen LogP contribution >= 0.6 is 0 Å². The van der Waals surface area contributed by atoms with Crippen molar-refractivity contribution in [3.63, 3.8) is 0 Å². The third-order valence-corrected chi connectivity index (χ3v) is 2.20. The molecule has 0 aliphatic heterocycles. The molecule has 0 bridgehead atoms. The van der Waals surface area contributed by atoms with Gasteiger partial charge < -0.3 is 5.73 Å². The van der Waals surface area contributed by atoms with Gasteiger partial charge >= 0.3 is 0 Å². The fourth-order valence-electron chi connectivity index (χ4n) is 1.34. The summed E-state index contributed by atoms with van der Waals surface area (Å²) in [4.78, 5) is 2.41. The fourth-order valence-corrected chi connectivity index (χ4v) is 1.34. The van der Waals surface area contributed by atoms with Crippen molar-refractivity contribution in [1.29, 1.82) is 0 Å². The summed E-state index contributed by atoms with van der Waals surface area (Å²) in [6, 6.07) is 0.934. The predicted molar refractivity (Wildman–Crippen MR) is 59.8 cm³/mol. The van der Waals surface area contributed by atoms with Gasteiger partial charge in [-0.2, -0.15) is 0 Å². The number of hydrogen-bond acceptors (Lipinski definition) is 2. The molecule has 0 radical (unpaired) electrons. The summed E-state index contributed by atoms with van der Waals surface area (Å²) in [6.07, 6.45) is 4.26. The van der Waals surface area contributed by atoms with Gasteiger partial charge in [0.2, 0.25) is 0 Å². The molecule has 0 aliphatic rings. The van der Waals surface area contributed by atoms with Crippen molar-refractivity contribution >= 4 is 0 Å². The van der Waals surface area contributed by atoms with Gasteiger partial charge in [-0.25, -0.2) is 0 Å². The van der Waals surface area contributed by atoms with Crippen LogP contribution < -0.4 is 5.73 Å². The summed E-state index contributed by atoms with van der Waals surface area (Å²) >= 11 is 0. The van der Waals surface area contributed by atoms with Crippen molar-refractivity contribution in [3.05, 3.63) is 12.7 Å². The van der Waals surface area contributed by atoms with Crippen LogP contribution in [0.3, 0.4) is 0 Å². The Bertz CT molecular complexity index is 130. The summed E-state index contributed by atoms with van der Waals surface area (Å²) in [6.45, 7) is 12.4. The van der Waals surface area contributed by atoms with Gasteiger partial charge in [-0.15, -0.1) is 6.58 Å². The Labute approximate surface area is 82.8 Å². The lowest BCUT2D eigenvalue weighted by atomic mass is 10.2. The molecule has 0 aromatic carbocycles. The topological polar surface area (TPSA) is 29.3 Å². The van der Waals surface area contributed by atoms with Gasteiger partial charge in [0, 0.05) is 18.6 Å². The second-order valence-corrected chi connectivity index (χ2v) is 4.00. The van der Waals surface area contributed by atoms with Gasteiger partial charge in [-0.3, -0.25) is 4.90 Å². The average Bonchev–Trinajstić information content (AvgIpc) is 2.02. The van der Waals surface area contributed by atoms with E-state index in [4.69, 9.17) is 5.73 Å². The first-order valence-electron chi connectivity index (χ1n) is 5.18. The molecular weight excluding hydrogens is 160 g/mol. The van der Waals surface area contributed by atoms with E-state index in [-0.39, 0.29) is 0 Å². The van der Waals surface area contributed by atoms with Gasteiger partial charge in [0.05, 0.1) is 0 Å². The van der Waals surface area contributed by atoms with E-state index in [1.54, 1.807) is 0 Å². The molecule has 0 aromatic rings. The molecule has 0 saturated heterocycles. The zero-order valence-corrected chi connectivity index (χ0v) is 9.29. The van der Waals surface area contributed by atoms with Gasteiger partial charge in [-0.1, -0.05) is 6.08 Å². The molecule has 0 saturated carbocycles. The van der Waals surface area contributed by atoms with Crippen LogP contribution in [0.1, 0.15) is 33.6 Å². The minimum atomic E-state index is 0.331. The smallest absolute Gasteiger partial charge is 0.0163 e. The molecule has 0 amide bonds. The second kappa shape index (κ2) is 7.10. The maximum Gasteiger partial charge on any atom is 0.0163 e. The molecule has 2 nitrogen and oxygen atoms in total. The molecule has 0 rings (SSSR count). The lowest BCUT2D eigenvalue weighted by Gasteiger charge is -2.25. The molecule has 1 unspecified atom stereocenters. The van der Waals surface area contributed by atoms with Gasteiger partial charge in [0.15, 0.2) is 0 Å². The maximum absolute atomic E-state index is 5.69. The number of nitrogens with two attached hydrogens (primary N) is 1. The van der Waals surface area contributed by atoms with Gasteiger partial charge in [-0.05, 0) is 40.2 Å². The van der Waals surface area contributed by atoms with Crippen LogP contribution in [-0.4, -0.2) is 30.1 Å². The van der Waals surface area contributed by atoms with E-state index in [1.165, 1.54) is 6.42 Å².